The first kappa shape index (κ1) is 13.5. The van der Waals surface area contributed by atoms with Gasteiger partial charge in [0.05, 0.1) is 11.3 Å². The van der Waals surface area contributed by atoms with Crippen LogP contribution in [0.25, 0.3) is 0 Å². The minimum absolute atomic E-state index is 0.609. The molecule has 0 amide bonds. The van der Waals surface area contributed by atoms with Crippen molar-refractivity contribution in [3.05, 3.63) is 50.4 Å². The number of hydrogen-bond acceptors (Lipinski definition) is 2. The summed E-state index contributed by atoms with van der Waals surface area (Å²) in [6, 6.07) is 5.27. The molecule has 96 valence electrons. The van der Waals surface area contributed by atoms with Crippen LogP contribution in [0, 0.1) is 0 Å². The lowest BCUT2D eigenvalue weighted by Gasteiger charge is -2.07. The Morgan fingerprint density at radius 1 is 1.11 bits per heavy atom. The second-order valence-electron chi connectivity index (χ2n) is 3.79. The molecule has 0 radical (unpaired) electrons. The zero-order valence-electron chi connectivity index (χ0n) is 9.17. The maximum absolute atomic E-state index is 12.4. The van der Waals surface area contributed by atoms with Crippen LogP contribution in [0.5, 0.6) is 0 Å². The molecule has 0 atom stereocenters. The first-order valence-corrected chi connectivity index (χ1v) is 6.88. The Balaban J connectivity index is 1.98. The van der Waals surface area contributed by atoms with E-state index in [0.29, 0.717) is 6.42 Å². The van der Waals surface area contributed by atoms with Crippen LogP contribution in [0.3, 0.4) is 0 Å². The Hall–Kier alpha value is -0.880. The number of thiazole rings is 1. The summed E-state index contributed by atoms with van der Waals surface area (Å²) in [6.45, 7) is 0. The highest BCUT2D eigenvalue weighted by molar-refractivity contribution is 9.11. The standard InChI is InChI=1S/C12H9BrF3NS/c13-11-17-10(7-18-11)6-3-8-1-4-9(5-2-8)12(14,15)16/h1-2,4-5,7H,3,6H2. The first-order valence-electron chi connectivity index (χ1n) is 5.21. The van der Waals surface area contributed by atoms with Crippen LogP contribution in [-0.4, -0.2) is 4.98 Å². The molecule has 1 nitrogen and oxygen atoms in total. The Morgan fingerprint density at radius 2 is 1.78 bits per heavy atom. The smallest absolute Gasteiger partial charge is 0.234 e. The van der Waals surface area contributed by atoms with E-state index < -0.39 is 11.7 Å². The van der Waals surface area contributed by atoms with E-state index >= 15 is 0 Å². The van der Waals surface area contributed by atoms with Gasteiger partial charge in [-0.2, -0.15) is 13.2 Å². The maximum atomic E-state index is 12.4. The van der Waals surface area contributed by atoms with Gasteiger partial charge in [-0.15, -0.1) is 11.3 Å². The SMILES string of the molecule is FC(F)(F)c1ccc(CCc2csc(Br)n2)cc1. The predicted molar refractivity (Wildman–Crippen MR) is 68.7 cm³/mol. The van der Waals surface area contributed by atoms with Crippen LogP contribution >= 0.6 is 27.3 Å². The molecule has 0 bridgehead atoms. The lowest BCUT2D eigenvalue weighted by atomic mass is 10.1. The fourth-order valence-corrected chi connectivity index (χ4v) is 2.61. The second-order valence-corrected chi connectivity index (χ2v) is 5.92. The molecule has 0 aliphatic carbocycles. The lowest BCUT2D eigenvalue weighted by Crippen LogP contribution is -2.04. The Labute approximate surface area is 115 Å². The molecule has 1 aromatic carbocycles. The summed E-state index contributed by atoms with van der Waals surface area (Å²) in [5, 5.41) is 1.94. The second kappa shape index (κ2) is 5.40. The quantitative estimate of drug-likeness (QED) is 0.791. The largest absolute Gasteiger partial charge is 0.416 e. The number of rotatable bonds is 3. The molecule has 2 rings (SSSR count). The van der Waals surface area contributed by atoms with Gasteiger partial charge < -0.3 is 0 Å². The number of hydrogen-bond donors (Lipinski definition) is 0. The van der Waals surface area contributed by atoms with Crippen molar-refractivity contribution in [1.29, 1.82) is 0 Å². The van der Waals surface area contributed by atoms with Crippen molar-refractivity contribution in [2.75, 3.05) is 0 Å². The molecule has 0 saturated carbocycles. The summed E-state index contributed by atoms with van der Waals surface area (Å²) in [5.74, 6) is 0. The molecule has 0 fully saturated rings. The monoisotopic (exact) mass is 335 g/mol. The minimum atomic E-state index is -4.27. The van der Waals surface area contributed by atoms with Crippen molar-refractivity contribution >= 4 is 27.3 Å². The van der Waals surface area contributed by atoms with Crippen molar-refractivity contribution < 1.29 is 13.2 Å². The van der Waals surface area contributed by atoms with E-state index in [4.69, 9.17) is 0 Å². The van der Waals surface area contributed by atoms with Crippen LogP contribution in [0.1, 0.15) is 16.8 Å². The van der Waals surface area contributed by atoms with Gasteiger partial charge >= 0.3 is 6.18 Å². The Morgan fingerprint density at radius 3 is 2.28 bits per heavy atom. The Kier molecular flexibility index (Phi) is 4.07. The number of nitrogens with zero attached hydrogens (tertiary/aromatic N) is 1. The summed E-state index contributed by atoms with van der Waals surface area (Å²) in [6.07, 6.45) is -2.85. The Bertz CT molecular complexity index is 519. The average molecular weight is 336 g/mol. The van der Waals surface area contributed by atoms with E-state index in [1.165, 1.54) is 23.5 Å². The molecule has 1 heterocycles. The van der Waals surface area contributed by atoms with Gasteiger partial charge in [-0.3, -0.25) is 0 Å². The fraction of sp³-hybridized carbons (Fsp3) is 0.250. The van der Waals surface area contributed by atoms with Gasteiger partial charge in [-0.25, -0.2) is 4.98 Å². The van der Waals surface area contributed by atoms with Gasteiger partial charge in [0.15, 0.2) is 3.92 Å². The molecule has 2 aromatic rings. The summed E-state index contributed by atoms with van der Waals surface area (Å²) >= 11 is 4.77. The van der Waals surface area contributed by atoms with Crippen LogP contribution in [-0.2, 0) is 19.0 Å². The molecule has 0 N–H and O–H groups in total. The predicted octanol–water partition coefficient (Wildman–Crippen LogP) is 4.71. The number of aryl methyl sites for hydroxylation is 2. The zero-order valence-corrected chi connectivity index (χ0v) is 11.6. The molecular weight excluding hydrogens is 327 g/mol. The lowest BCUT2D eigenvalue weighted by molar-refractivity contribution is -0.137. The average Bonchev–Trinajstić information content (AvgIpc) is 2.72. The molecule has 0 spiro atoms. The van der Waals surface area contributed by atoms with Gasteiger partial charge in [0.25, 0.3) is 0 Å². The number of alkyl halides is 3. The number of halogens is 4. The van der Waals surface area contributed by atoms with Gasteiger partial charge in [-0.1, -0.05) is 12.1 Å². The van der Waals surface area contributed by atoms with E-state index in [-0.39, 0.29) is 0 Å². The van der Waals surface area contributed by atoms with Gasteiger partial charge in [0, 0.05) is 5.38 Å². The highest BCUT2D eigenvalue weighted by Crippen LogP contribution is 2.29. The summed E-state index contributed by atoms with van der Waals surface area (Å²) < 4.78 is 37.9. The summed E-state index contributed by atoms with van der Waals surface area (Å²) in [5.41, 5.74) is 1.22. The topological polar surface area (TPSA) is 12.9 Å². The number of aromatic nitrogens is 1. The third kappa shape index (κ3) is 3.55. The highest BCUT2D eigenvalue weighted by atomic mass is 79.9. The van der Waals surface area contributed by atoms with Crippen molar-refractivity contribution in [2.24, 2.45) is 0 Å². The molecule has 18 heavy (non-hydrogen) atoms. The summed E-state index contributed by atoms with van der Waals surface area (Å²) in [7, 11) is 0. The number of benzene rings is 1. The third-order valence-corrected chi connectivity index (χ3v) is 3.89. The van der Waals surface area contributed by atoms with Gasteiger partial charge in [0.2, 0.25) is 0 Å². The third-order valence-electron chi connectivity index (χ3n) is 2.47. The van der Waals surface area contributed by atoms with Crippen LogP contribution in [0.2, 0.25) is 0 Å². The van der Waals surface area contributed by atoms with E-state index in [2.05, 4.69) is 20.9 Å². The van der Waals surface area contributed by atoms with Gasteiger partial charge in [0.1, 0.15) is 0 Å². The molecule has 0 unspecified atom stereocenters. The van der Waals surface area contributed by atoms with Crippen LogP contribution < -0.4 is 0 Å². The highest BCUT2D eigenvalue weighted by Gasteiger charge is 2.29. The van der Waals surface area contributed by atoms with E-state index in [9.17, 15) is 13.2 Å². The van der Waals surface area contributed by atoms with Gasteiger partial charge in [-0.05, 0) is 46.5 Å². The molecule has 6 heteroatoms. The van der Waals surface area contributed by atoms with E-state index in [1.54, 1.807) is 0 Å². The van der Waals surface area contributed by atoms with Crippen LogP contribution in [0.15, 0.2) is 33.6 Å². The van der Waals surface area contributed by atoms with E-state index in [1.807, 2.05) is 5.38 Å². The molecule has 0 aliphatic rings. The van der Waals surface area contributed by atoms with E-state index in [0.717, 1.165) is 33.7 Å². The van der Waals surface area contributed by atoms with Crippen molar-refractivity contribution in [1.82, 2.24) is 4.98 Å². The first-order chi connectivity index (χ1) is 8.45. The normalized spacial score (nSPS) is 11.8. The van der Waals surface area contributed by atoms with Crippen LogP contribution in [0.4, 0.5) is 13.2 Å². The van der Waals surface area contributed by atoms with Crippen molar-refractivity contribution in [3.63, 3.8) is 0 Å². The maximum Gasteiger partial charge on any atom is 0.416 e. The van der Waals surface area contributed by atoms with Crippen molar-refractivity contribution in [3.8, 4) is 0 Å². The molecule has 1 aromatic heterocycles. The zero-order chi connectivity index (χ0) is 13.2. The molecule has 0 aliphatic heterocycles. The fourth-order valence-electron chi connectivity index (χ4n) is 1.53. The summed E-state index contributed by atoms with van der Waals surface area (Å²) in [4.78, 5) is 4.24. The molecular formula is C12H9BrF3NS. The van der Waals surface area contributed by atoms with Crippen molar-refractivity contribution in [2.45, 2.75) is 19.0 Å². The minimum Gasteiger partial charge on any atom is -0.234 e. The molecule has 0 saturated heterocycles.